The molecule has 2 aromatic rings. The van der Waals surface area contributed by atoms with Crippen LogP contribution < -0.4 is 0 Å². The lowest BCUT2D eigenvalue weighted by atomic mass is 10.2. The van der Waals surface area contributed by atoms with Gasteiger partial charge in [-0.3, -0.25) is 14.5 Å². The number of nitrogens with zero attached hydrogens (tertiary/aromatic N) is 1. The third-order valence-electron chi connectivity index (χ3n) is 2.98. The maximum atomic E-state index is 12.3. The Morgan fingerprint density at radius 1 is 1.14 bits per heavy atom. The second kappa shape index (κ2) is 6.05. The van der Waals surface area contributed by atoms with Crippen LogP contribution in [0, 0.1) is 0 Å². The normalized spacial score (nSPS) is 17.0. The SMILES string of the molecule is O=C1S/C(=C/c2cccs2)C(=O)N1Cc1ccccc1Cl. The highest BCUT2D eigenvalue weighted by molar-refractivity contribution is 8.18. The molecule has 21 heavy (non-hydrogen) atoms. The Morgan fingerprint density at radius 3 is 2.67 bits per heavy atom. The molecule has 0 atom stereocenters. The van der Waals surface area contributed by atoms with E-state index >= 15 is 0 Å². The van der Waals surface area contributed by atoms with Gasteiger partial charge < -0.3 is 0 Å². The lowest BCUT2D eigenvalue weighted by Gasteiger charge is -2.13. The minimum Gasteiger partial charge on any atom is -0.268 e. The number of halogens is 1. The fraction of sp³-hybridized carbons (Fsp3) is 0.0667. The Balaban J connectivity index is 1.83. The molecule has 1 fully saturated rings. The van der Waals surface area contributed by atoms with Crippen molar-refractivity contribution in [1.82, 2.24) is 4.90 Å². The molecule has 0 aliphatic carbocycles. The molecule has 0 N–H and O–H groups in total. The van der Waals surface area contributed by atoms with E-state index < -0.39 is 0 Å². The molecule has 6 heteroatoms. The summed E-state index contributed by atoms with van der Waals surface area (Å²) in [5.74, 6) is -0.265. The van der Waals surface area contributed by atoms with Gasteiger partial charge >= 0.3 is 0 Å². The van der Waals surface area contributed by atoms with Gasteiger partial charge in [0.05, 0.1) is 11.4 Å². The summed E-state index contributed by atoms with van der Waals surface area (Å²) in [6.07, 6.45) is 1.75. The van der Waals surface area contributed by atoms with E-state index in [9.17, 15) is 9.59 Å². The minimum atomic E-state index is -0.265. The predicted octanol–water partition coefficient (Wildman–Crippen LogP) is 4.64. The summed E-state index contributed by atoms with van der Waals surface area (Å²) in [6.45, 7) is 0.201. The van der Waals surface area contributed by atoms with E-state index in [4.69, 9.17) is 11.6 Å². The standard InChI is InChI=1S/C15H10ClNO2S2/c16-12-6-2-1-4-10(12)9-17-14(18)13(21-15(17)19)8-11-5-3-7-20-11/h1-8H,9H2/b13-8+. The van der Waals surface area contributed by atoms with E-state index in [-0.39, 0.29) is 17.7 Å². The van der Waals surface area contributed by atoms with Crippen LogP contribution in [-0.4, -0.2) is 16.0 Å². The van der Waals surface area contributed by atoms with Crippen molar-refractivity contribution in [1.29, 1.82) is 0 Å². The van der Waals surface area contributed by atoms with Crippen LogP contribution in [0.2, 0.25) is 5.02 Å². The molecule has 3 nitrogen and oxygen atoms in total. The fourth-order valence-corrected chi connectivity index (χ4v) is 3.69. The second-order valence-corrected chi connectivity index (χ2v) is 6.75. The largest absolute Gasteiger partial charge is 0.293 e. The molecule has 2 heterocycles. The van der Waals surface area contributed by atoms with Crippen molar-refractivity contribution in [2.45, 2.75) is 6.54 Å². The number of hydrogen-bond donors (Lipinski definition) is 0. The van der Waals surface area contributed by atoms with Crippen LogP contribution in [-0.2, 0) is 11.3 Å². The molecule has 1 aromatic carbocycles. The van der Waals surface area contributed by atoms with Gasteiger partial charge in [0.1, 0.15) is 0 Å². The first-order chi connectivity index (χ1) is 10.1. The lowest BCUT2D eigenvalue weighted by molar-refractivity contribution is -0.123. The van der Waals surface area contributed by atoms with Crippen LogP contribution in [0.5, 0.6) is 0 Å². The first-order valence-corrected chi connectivity index (χ1v) is 8.25. The summed E-state index contributed by atoms with van der Waals surface area (Å²) in [7, 11) is 0. The highest BCUT2D eigenvalue weighted by Crippen LogP contribution is 2.34. The van der Waals surface area contributed by atoms with E-state index in [1.54, 1.807) is 12.1 Å². The molecule has 0 unspecified atom stereocenters. The zero-order chi connectivity index (χ0) is 14.8. The van der Waals surface area contributed by atoms with Crippen molar-refractivity contribution in [2.75, 3.05) is 0 Å². The van der Waals surface area contributed by atoms with Crippen molar-refractivity contribution >= 4 is 51.9 Å². The molecule has 1 aliphatic rings. The summed E-state index contributed by atoms with van der Waals surface area (Å²) in [6, 6.07) is 11.0. The van der Waals surface area contributed by atoms with Crippen LogP contribution in [0.15, 0.2) is 46.7 Å². The Bertz CT molecular complexity index is 725. The number of benzene rings is 1. The summed E-state index contributed by atoms with van der Waals surface area (Å²) in [5.41, 5.74) is 0.763. The van der Waals surface area contributed by atoms with E-state index in [1.165, 1.54) is 16.2 Å². The minimum absolute atomic E-state index is 0.201. The van der Waals surface area contributed by atoms with Crippen molar-refractivity contribution in [3.8, 4) is 0 Å². The second-order valence-electron chi connectivity index (χ2n) is 4.37. The van der Waals surface area contributed by atoms with Crippen LogP contribution in [0.25, 0.3) is 6.08 Å². The lowest BCUT2D eigenvalue weighted by Crippen LogP contribution is -2.27. The zero-order valence-corrected chi connectivity index (χ0v) is 13.2. The quantitative estimate of drug-likeness (QED) is 0.767. The summed E-state index contributed by atoms with van der Waals surface area (Å²) in [4.78, 5) is 27.0. The summed E-state index contributed by atoms with van der Waals surface area (Å²) in [5, 5.41) is 2.22. The number of thioether (sulfide) groups is 1. The number of imide groups is 1. The molecule has 2 amide bonds. The van der Waals surface area contributed by atoms with E-state index in [2.05, 4.69) is 0 Å². The molecule has 1 aliphatic heterocycles. The van der Waals surface area contributed by atoms with Gasteiger partial charge in [-0.1, -0.05) is 35.9 Å². The maximum absolute atomic E-state index is 12.3. The Hall–Kier alpha value is -1.56. The highest BCUT2D eigenvalue weighted by atomic mass is 35.5. The monoisotopic (exact) mass is 335 g/mol. The first kappa shape index (κ1) is 14.4. The zero-order valence-electron chi connectivity index (χ0n) is 10.8. The van der Waals surface area contributed by atoms with Crippen molar-refractivity contribution in [3.63, 3.8) is 0 Å². The van der Waals surface area contributed by atoms with Gasteiger partial charge in [0.25, 0.3) is 11.1 Å². The Morgan fingerprint density at radius 2 is 1.95 bits per heavy atom. The van der Waals surface area contributed by atoms with Gasteiger partial charge in [-0.05, 0) is 40.9 Å². The number of thiophene rings is 1. The third kappa shape index (κ3) is 3.05. The van der Waals surface area contributed by atoms with E-state index in [0.29, 0.717) is 9.93 Å². The predicted molar refractivity (Wildman–Crippen MR) is 87.3 cm³/mol. The molecule has 1 aromatic heterocycles. The number of carbonyl (C=O) groups is 2. The molecule has 0 saturated carbocycles. The molecule has 0 radical (unpaired) electrons. The van der Waals surface area contributed by atoms with Gasteiger partial charge in [-0.2, -0.15) is 0 Å². The van der Waals surface area contributed by atoms with Crippen LogP contribution in [0.1, 0.15) is 10.4 Å². The highest BCUT2D eigenvalue weighted by Gasteiger charge is 2.35. The average molecular weight is 336 g/mol. The van der Waals surface area contributed by atoms with Crippen LogP contribution in [0.4, 0.5) is 4.79 Å². The molecule has 0 spiro atoms. The van der Waals surface area contributed by atoms with Gasteiger partial charge in [0.15, 0.2) is 0 Å². The van der Waals surface area contributed by atoms with Crippen molar-refractivity contribution < 1.29 is 9.59 Å². The molecule has 106 valence electrons. The number of carbonyl (C=O) groups excluding carboxylic acids is 2. The number of amides is 2. The summed E-state index contributed by atoms with van der Waals surface area (Å²) >= 11 is 8.58. The average Bonchev–Trinajstić information content (AvgIpc) is 3.05. The third-order valence-corrected chi connectivity index (χ3v) is 5.07. The fourth-order valence-electron chi connectivity index (χ4n) is 1.94. The first-order valence-electron chi connectivity index (χ1n) is 6.17. The molecule has 1 saturated heterocycles. The Labute approximate surface area is 135 Å². The van der Waals surface area contributed by atoms with Crippen LogP contribution >= 0.6 is 34.7 Å². The van der Waals surface area contributed by atoms with Gasteiger partial charge in [0.2, 0.25) is 0 Å². The number of hydrogen-bond acceptors (Lipinski definition) is 4. The van der Waals surface area contributed by atoms with Crippen molar-refractivity contribution in [3.05, 3.63) is 62.1 Å². The number of rotatable bonds is 3. The van der Waals surface area contributed by atoms with Gasteiger partial charge in [-0.15, -0.1) is 11.3 Å². The van der Waals surface area contributed by atoms with Crippen molar-refractivity contribution in [2.24, 2.45) is 0 Å². The molecular weight excluding hydrogens is 326 g/mol. The molecular formula is C15H10ClNO2S2. The maximum Gasteiger partial charge on any atom is 0.293 e. The van der Waals surface area contributed by atoms with Crippen LogP contribution in [0.3, 0.4) is 0 Å². The molecule has 0 bridgehead atoms. The van der Waals surface area contributed by atoms with E-state index in [0.717, 1.165) is 22.2 Å². The van der Waals surface area contributed by atoms with Gasteiger partial charge in [-0.25, -0.2) is 0 Å². The van der Waals surface area contributed by atoms with Gasteiger partial charge in [0, 0.05) is 9.90 Å². The molecule has 3 rings (SSSR count). The summed E-state index contributed by atoms with van der Waals surface area (Å²) < 4.78 is 0. The van der Waals surface area contributed by atoms with E-state index in [1.807, 2.05) is 35.7 Å². The Kier molecular flexibility index (Phi) is 4.14. The topological polar surface area (TPSA) is 37.4 Å². The smallest absolute Gasteiger partial charge is 0.268 e.